The molecule has 4 heteroatoms. The maximum Gasteiger partial charge on any atom is 0.238 e. The molecule has 4 nitrogen and oxygen atoms in total. The largest absolute Gasteiger partial charge is 0.324 e. The van der Waals surface area contributed by atoms with E-state index in [4.69, 9.17) is 0 Å². The van der Waals surface area contributed by atoms with Gasteiger partial charge in [-0.25, -0.2) is 0 Å². The fourth-order valence-electron chi connectivity index (χ4n) is 2.36. The molecule has 1 aromatic carbocycles. The van der Waals surface area contributed by atoms with Crippen molar-refractivity contribution < 1.29 is 4.79 Å². The summed E-state index contributed by atoms with van der Waals surface area (Å²) in [5.74, 6) is 0.0234. The Balaban J connectivity index is 2.26. The van der Waals surface area contributed by atoms with Gasteiger partial charge in [0, 0.05) is 5.69 Å². The standard InChI is InChI=1S/C17H29N3O/c1-5-20(6-2)12-8-11-18-13-16(21)19-17-14(3)9-7-10-15(17)4/h7,9-10,18H,5-6,8,11-13H2,1-4H3,(H,19,21). The number of nitrogens with one attached hydrogen (secondary N) is 2. The van der Waals surface area contributed by atoms with E-state index in [9.17, 15) is 4.79 Å². The third-order valence-corrected chi connectivity index (χ3v) is 3.75. The van der Waals surface area contributed by atoms with Gasteiger partial charge in [-0.3, -0.25) is 4.79 Å². The second-order valence-electron chi connectivity index (χ2n) is 5.37. The third kappa shape index (κ3) is 6.27. The Morgan fingerprint density at radius 1 is 1.14 bits per heavy atom. The number of aryl methyl sites for hydroxylation is 2. The van der Waals surface area contributed by atoms with Crippen LogP contribution in [0.25, 0.3) is 0 Å². The molecule has 118 valence electrons. The van der Waals surface area contributed by atoms with Gasteiger partial charge in [0.2, 0.25) is 5.91 Å². The van der Waals surface area contributed by atoms with E-state index < -0.39 is 0 Å². The molecule has 1 aromatic rings. The van der Waals surface area contributed by atoms with E-state index in [1.54, 1.807) is 0 Å². The van der Waals surface area contributed by atoms with Crippen molar-refractivity contribution in [2.45, 2.75) is 34.1 Å². The summed E-state index contributed by atoms with van der Waals surface area (Å²) < 4.78 is 0. The molecule has 0 aliphatic carbocycles. The predicted molar refractivity (Wildman–Crippen MR) is 89.8 cm³/mol. The Labute approximate surface area is 128 Å². The number of nitrogens with zero attached hydrogens (tertiary/aromatic N) is 1. The van der Waals surface area contributed by atoms with Crippen LogP contribution in [0.3, 0.4) is 0 Å². The molecule has 0 aromatic heterocycles. The SMILES string of the molecule is CCN(CC)CCCNCC(=O)Nc1c(C)cccc1C. The zero-order chi connectivity index (χ0) is 15.7. The van der Waals surface area contributed by atoms with E-state index >= 15 is 0 Å². The summed E-state index contributed by atoms with van der Waals surface area (Å²) in [6.45, 7) is 12.9. The van der Waals surface area contributed by atoms with E-state index in [2.05, 4.69) is 29.4 Å². The molecular formula is C17H29N3O. The lowest BCUT2D eigenvalue weighted by Gasteiger charge is -2.17. The van der Waals surface area contributed by atoms with E-state index in [0.717, 1.165) is 49.4 Å². The second kappa shape index (κ2) is 9.53. The van der Waals surface area contributed by atoms with E-state index in [1.165, 1.54) is 0 Å². The van der Waals surface area contributed by atoms with Gasteiger partial charge in [0.15, 0.2) is 0 Å². The molecule has 1 rings (SSSR count). The van der Waals surface area contributed by atoms with Crippen molar-refractivity contribution in [3.05, 3.63) is 29.3 Å². The molecule has 0 aliphatic rings. The number of anilines is 1. The first-order valence-electron chi connectivity index (χ1n) is 7.87. The first-order valence-corrected chi connectivity index (χ1v) is 7.87. The highest BCUT2D eigenvalue weighted by Gasteiger charge is 2.06. The number of hydrogen-bond acceptors (Lipinski definition) is 3. The monoisotopic (exact) mass is 291 g/mol. The highest BCUT2D eigenvalue weighted by Crippen LogP contribution is 2.18. The van der Waals surface area contributed by atoms with Gasteiger partial charge in [-0.15, -0.1) is 0 Å². The minimum absolute atomic E-state index is 0.0234. The number of para-hydroxylation sites is 1. The fourth-order valence-corrected chi connectivity index (χ4v) is 2.36. The summed E-state index contributed by atoms with van der Waals surface area (Å²) in [5, 5.41) is 6.20. The topological polar surface area (TPSA) is 44.4 Å². The van der Waals surface area contributed by atoms with Crippen LogP contribution < -0.4 is 10.6 Å². The first-order chi connectivity index (χ1) is 10.1. The lowest BCUT2D eigenvalue weighted by molar-refractivity contribution is -0.115. The van der Waals surface area contributed by atoms with Gasteiger partial charge in [-0.2, -0.15) is 0 Å². The van der Waals surface area contributed by atoms with Crippen LogP contribution in [0.2, 0.25) is 0 Å². The van der Waals surface area contributed by atoms with Gasteiger partial charge >= 0.3 is 0 Å². The van der Waals surface area contributed by atoms with Crippen LogP contribution in [-0.2, 0) is 4.79 Å². The highest BCUT2D eigenvalue weighted by atomic mass is 16.1. The number of rotatable bonds is 9. The van der Waals surface area contributed by atoms with Crippen molar-refractivity contribution in [1.29, 1.82) is 0 Å². The van der Waals surface area contributed by atoms with Crippen molar-refractivity contribution in [2.75, 3.05) is 38.0 Å². The Kier molecular flexibility index (Phi) is 8.01. The Morgan fingerprint density at radius 3 is 2.33 bits per heavy atom. The minimum atomic E-state index is 0.0234. The average molecular weight is 291 g/mol. The lowest BCUT2D eigenvalue weighted by atomic mass is 10.1. The second-order valence-corrected chi connectivity index (χ2v) is 5.37. The molecule has 0 unspecified atom stereocenters. The molecule has 0 saturated heterocycles. The smallest absolute Gasteiger partial charge is 0.238 e. The molecule has 0 heterocycles. The van der Waals surface area contributed by atoms with Crippen LogP contribution in [0.4, 0.5) is 5.69 Å². The van der Waals surface area contributed by atoms with E-state index in [0.29, 0.717) is 6.54 Å². The quantitative estimate of drug-likeness (QED) is 0.687. The molecule has 0 bridgehead atoms. The predicted octanol–water partition coefficient (Wildman–Crippen LogP) is 2.56. The molecule has 0 saturated carbocycles. The zero-order valence-corrected chi connectivity index (χ0v) is 13.8. The Bertz CT molecular complexity index is 421. The summed E-state index contributed by atoms with van der Waals surface area (Å²) in [4.78, 5) is 14.3. The van der Waals surface area contributed by atoms with Gasteiger partial charge in [-0.05, 0) is 57.6 Å². The van der Waals surface area contributed by atoms with Crippen molar-refractivity contribution in [3.63, 3.8) is 0 Å². The van der Waals surface area contributed by atoms with Crippen LogP contribution in [0, 0.1) is 13.8 Å². The maximum atomic E-state index is 11.9. The van der Waals surface area contributed by atoms with Gasteiger partial charge in [-0.1, -0.05) is 32.0 Å². The van der Waals surface area contributed by atoms with Crippen LogP contribution in [0.5, 0.6) is 0 Å². The van der Waals surface area contributed by atoms with Gasteiger partial charge < -0.3 is 15.5 Å². The average Bonchev–Trinajstić information content (AvgIpc) is 2.47. The molecule has 0 radical (unpaired) electrons. The fraction of sp³-hybridized carbons (Fsp3) is 0.588. The van der Waals surface area contributed by atoms with Crippen LogP contribution >= 0.6 is 0 Å². The molecule has 0 atom stereocenters. The van der Waals surface area contributed by atoms with Crippen molar-refractivity contribution in [2.24, 2.45) is 0 Å². The maximum absolute atomic E-state index is 11.9. The summed E-state index contributed by atoms with van der Waals surface area (Å²) in [6.07, 6.45) is 1.07. The molecule has 0 fully saturated rings. The molecule has 0 spiro atoms. The summed E-state index contributed by atoms with van der Waals surface area (Å²) in [6, 6.07) is 6.03. The lowest BCUT2D eigenvalue weighted by Crippen LogP contribution is -2.31. The number of carbonyl (C=O) groups is 1. The van der Waals surface area contributed by atoms with E-state index in [-0.39, 0.29) is 5.91 Å². The molecular weight excluding hydrogens is 262 g/mol. The van der Waals surface area contributed by atoms with Crippen LogP contribution in [0.1, 0.15) is 31.4 Å². The van der Waals surface area contributed by atoms with Crippen LogP contribution in [0.15, 0.2) is 18.2 Å². The van der Waals surface area contributed by atoms with Crippen molar-refractivity contribution >= 4 is 11.6 Å². The minimum Gasteiger partial charge on any atom is -0.324 e. The van der Waals surface area contributed by atoms with Crippen molar-refractivity contribution in [1.82, 2.24) is 10.2 Å². The van der Waals surface area contributed by atoms with Gasteiger partial charge in [0.25, 0.3) is 0 Å². The zero-order valence-electron chi connectivity index (χ0n) is 13.8. The number of carbonyl (C=O) groups excluding carboxylic acids is 1. The highest BCUT2D eigenvalue weighted by molar-refractivity contribution is 5.93. The summed E-state index contributed by atoms with van der Waals surface area (Å²) in [5.41, 5.74) is 3.14. The Hall–Kier alpha value is -1.39. The first kappa shape index (κ1) is 17.7. The number of amides is 1. The molecule has 21 heavy (non-hydrogen) atoms. The third-order valence-electron chi connectivity index (χ3n) is 3.75. The molecule has 0 aliphatic heterocycles. The normalized spacial score (nSPS) is 10.9. The van der Waals surface area contributed by atoms with Gasteiger partial charge in [0.05, 0.1) is 6.54 Å². The number of hydrogen-bond donors (Lipinski definition) is 2. The van der Waals surface area contributed by atoms with E-state index in [1.807, 2.05) is 32.0 Å². The number of benzene rings is 1. The molecule has 2 N–H and O–H groups in total. The van der Waals surface area contributed by atoms with Crippen molar-refractivity contribution in [3.8, 4) is 0 Å². The van der Waals surface area contributed by atoms with Crippen LogP contribution in [-0.4, -0.2) is 43.5 Å². The molecule has 1 amide bonds. The summed E-state index contributed by atoms with van der Waals surface area (Å²) >= 11 is 0. The van der Waals surface area contributed by atoms with Gasteiger partial charge in [0.1, 0.15) is 0 Å². The summed E-state index contributed by atoms with van der Waals surface area (Å²) in [7, 11) is 0. The Morgan fingerprint density at radius 2 is 1.76 bits per heavy atom.